The largest absolute Gasteiger partial charge is 0.487 e. The van der Waals surface area contributed by atoms with Crippen LogP contribution in [-0.2, 0) is 4.57 Å². The van der Waals surface area contributed by atoms with Crippen LogP contribution in [0.5, 0.6) is 5.75 Å². The molecule has 17 heavy (non-hydrogen) atoms. The molecule has 84 valence electrons. The molecule has 0 saturated carbocycles. The average molecular weight is 244 g/mol. The topological polar surface area (TPSA) is 51.0 Å². The molecule has 1 aliphatic rings. The summed E-state index contributed by atoms with van der Waals surface area (Å²) in [5.41, 5.74) is 0. The Labute approximate surface area is 97.9 Å². The van der Waals surface area contributed by atoms with Gasteiger partial charge in [0.1, 0.15) is 5.75 Å². The van der Waals surface area contributed by atoms with Gasteiger partial charge in [0.25, 0.3) is 0 Å². The Hall–Kier alpha value is -1.93. The van der Waals surface area contributed by atoms with Crippen molar-refractivity contribution in [2.45, 2.75) is 0 Å². The summed E-state index contributed by atoms with van der Waals surface area (Å²) in [5, 5.41) is 1.23. The van der Waals surface area contributed by atoms with E-state index in [1.165, 1.54) is 0 Å². The molecule has 3 rings (SSSR count). The number of nitrogens with zero attached hydrogens (tertiary/aromatic N) is 2. The minimum Gasteiger partial charge on any atom is -0.412 e. The minimum absolute atomic E-state index is 0.510. The van der Waals surface area contributed by atoms with Gasteiger partial charge in [-0.15, -0.1) is 0 Å². The summed E-state index contributed by atoms with van der Waals surface area (Å²) in [6.45, 7) is 0. The number of hydrogen-bond donors (Lipinski definition) is 0. The Morgan fingerprint density at radius 1 is 0.824 bits per heavy atom. The molecule has 0 unspecified atom stereocenters. The van der Waals surface area contributed by atoms with Crippen LogP contribution in [0.4, 0.5) is 0 Å². The molecule has 4 nitrogen and oxygen atoms in total. The van der Waals surface area contributed by atoms with Crippen LogP contribution in [0.3, 0.4) is 0 Å². The number of rotatable bonds is 2. The van der Waals surface area contributed by atoms with E-state index in [0.717, 1.165) is 0 Å². The van der Waals surface area contributed by atoms with Crippen molar-refractivity contribution in [3.8, 4) is 5.75 Å². The van der Waals surface area contributed by atoms with Gasteiger partial charge in [0.05, 0.1) is 10.7 Å². The molecule has 0 atom stereocenters. The molecular formula is C12H9N2O2P. The van der Waals surface area contributed by atoms with Crippen LogP contribution in [0.25, 0.3) is 0 Å². The van der Waals surface area contributed by atoms with E-state index >= 15 is 0 Å². The summed E-state index contributed by atoms with van der Waals surface area (Å²) >= 11 is 0. The standard InChI is InChI=1S/C12H9N2O2P/c15-17(16-10-6-2-1-3-7-10)13-11-8-4-5-9-12(11)14-17/h1-9H. The number of hydrogen-bond acceptors (Lipinski definition) is 2. The van der Waals surface area contributed by atoms with Crippen LogP contribution in [0, 0.1) is 0 Å². The van der Waals surface area contributed by atoms with Gasteiger partial charge < -0.3 is 4.52 Å². The fourth-order valence-corrected chi connectivity index (χ4v) is 2.99. The summed E-state index contributed by atoms with van der Waals surface area (Å²) in [7, 11) is -3.32. The van der Waals surface area contributed by atoms with Crippen LogP contribution in [0.2, 0.25) is 0 Å². The molecule has 0 bridgehead atoms. The zero-order valence-corrected chi connectivity index (χ0v) is 9.75. The van der Waals surface area contributed by atoms with Crippen molar-refractivity contribution in [3.05, 3.63) is 65.3 Å². The van der Waals surface area contributed by atoms with Gasteiger partial charge in [-0.1, -0.05) is 30.3 Å². The number of benzene rings is 2. The first-order chi connectivity index (χ1) is 8.25. The monoisotopic (exact) mass is 244 g/mol. The van der Waals surface area contributed by atoms with Crippen molar-refractivity contribution in [1.82, 2.24) is 0 Å². The van der Waals surface area contributed by atoms with Crippen LogP contribution in [0.1, 0.15) is 0 Å². The maximum Gasteiger partial charge on any atom is 0.487 e. The third-order valence-corrected chi connectivity index (χ3v) is 3.70. The highest BCUT2D eigenvalue weighted by Gasteiger charge is 2.26. The van der Waals surface area contributed by atoms with Crippen molar-refractivity contribution in [2.24, 2.45) is 9.53 Å². The van der Waals surface area contributed by atoms with Gasteiger partial charge in [-0.2, -0.15) is 9.53 Å². The zero-order valence-electron chi connectivity index (χ0n) is 8.85. The quantitative estimate of drug-likeness (QED) is 0.760. The Morgan fingerprint density at radius 3 is 1.94 bits per heavy atom. The van der Waals surface area contributed by atoms with E-state index in [9.17, 15) is 4.57 Å². The second-order valence-corrected chi connectivity index (χ2v) is 5.15. The lowest BCUT2D eigenvalue weighted by molar-refractivity contribution is 0.484. The molecule has 0 amide bonds. The van der Waals surface area contributed by atoms with E-state index in [1.54, 1.807) is 24.3 Å². The van der Waals surface area contributed by atoms with Gasteiger partial charge in [0, 0.05) is 0 Å². The maximum atomic E-state index is 12.3. The normalized spacial score (nSPS) is 15.5. The Balaban J connectivity index is 2.02. The van der Waals surface area contributed by atoms with Crippen LogP contribution >= 0.6 is 7.67 Å². The Kier molecular flexibility index (Phi) is 2.30. The molecule has 0 aliphatic carbocycles. The van der Waals surface area contributed by atoms with Crippen LogP contribution in [0.15, 0.2) is 64.1 Å². The fourth-order valence-electron chi connectivity index (χ4n) is 1.59. The molecule has 0 fully saturated rings. The van der Waals surface area contributed by atoms with Gasteiger partial charge in [-0.25, -0.2) is 4.57 Å². The number of para-hydroxylation sites is 1. The lowest BCUT2D eigenvalue weighted by Gasteiger charge is -2.06. The van der Waals surface area contributed by atoms with Crippen molar-refractivity contribution >= 4 is 7.67 Å². The Bertz CT molecular complexity index is 674. The second-order valence-electron chi connectivity index (χ2n) is 3.58. The van der Waals surface area contributed by atoms with Crippen molar-refractivity contribution in [2.75, 3.05) is 0 Å². The van der Waals surface area contributed by atoms with Gasteiger partial charge >= 0.3 is 7.67 Å². The van der Waals surface area contributed by atoms with Gasteiger partial charge in [-0.05, 0) is 24.3 Å². The van der Waals surface area contributed by atoms with Gasteiger partial charge in [-0.3, -0.25) is 0 Å². The molecule has 5 heteroatoms. The summed E-state index contributed by atoms with van der Waals surface area (Å²) in [5.74, 6) is 0.510. The zero-order chi connectivity index (χ0) is 11.7. The molecule has 0 aromatic heterocycles. The van der Waals surface area contributed by atoms with Crippen LogP contribution in [-0.4, -0.2) is 0 Å². The van der Waals surface area contributed by atoms with E-state index < -0.39 is 7.67 Å². The third kappa shape index (κ3) is 1.99. The highest BCUT2D eigenvalue weighted by Crippen LogP contribution is 2.50. The minimum atomic E-state index is -3.32. The van der Waals surface area contributed by atoms with Crippen molar-refractivity contribution in [3.63, 3.8) is 0 Å². The van der Waals surface area contributed by atoms with Crippen molar-refractivity contribution in [1.29, 1.82) is 0 Å². The van der Waals surface area contributed by atoms with E-state index in [-0.39, 0.29) is 0 Å². The lowest BCUT2D eigenvalue weighted by Crippen LogP contribution is -2.19. The van der Waals surface area contributed by atoms with E-state index in [4.69, 9.17) is 4.52 Å². The smallest absolute Gasteiger partial charge is 0.412 e. The fraction of sp³-hybridized carbons (Fsp3) is 0. The highest BCUT2D eigenvalue weighted by atomic mass is 31.2. The van der Waals surface area contributed by atoms with E-state index in [2.05, 4.69) is 9.53 Å². The first-order valence-corrected chi connectivity index (χ1v) is 6.68. The van der Waals surface area contributed by atoms with Crippen LogP contribution < -0.4 is 15.2 Å². The molecule has 0 spiro atoms. The highest BCUT2D eigenvalue weighted by molar-refractivity contribution is 7.56. The molecule has 1 aliphatic heterocycles. The van der Waals surface area contributed by atoms with Crippen molar-refractivity contribution < 1.29 is 9.09 Å². The molecule has 2 aromatic carbocycles. The Morgan fingerprint density at radius 2 is 1.35 bits per heavy atom. The second kappa shape index (κ2) is 3.82. The maximum absolute atomic E-state index is 12.3. The summed E-state index contributed by atoms with van der Waals surface area (Å²) in [6, 6.07) is 16.1. The first-order valence-electron chi connectivity index (χ1n) is 5.15. The number of fused-ring (bicyclic) bond motifs is 1. The molecule has 1 heterocycles. The van der Waals surface area contributed by atoms with Gasteiger partial charge in [0.2, 0.25) is 0 Å². The third-order valence-electron chi connectivity index (χ3n) is 2.32. The summed E-state index contributed by atoms with van der Waals surface area (Å²) < 4.78 is 25.7. The molecule has 0 radical (unpaired) electrons. The summed E-state index contributed by atoms with van der Waals surface area (Å²) in [6.07, 6.45) is 0. The summed E-state index contributed by atoms with van der Waals surface area (Å²) in [4.78, 5) is 0. The van der Waals surface area contributed by atoms with Gasteiger partial charge in [0.15, 0.2) is 0 Å². The predicted octanol–water partition coefficient (Wildman–Crippen LogP) is 2.13. The molecule has 2 aromatic rings. The SMILES string of the molecule is O=P1(Oc2ccccc2)N=c2ccccc2=N1. The average Bonchev–Trinajstić information content (AvgIpc) is 2.66. The lowest BCUT2D eigenvalue weighted by atomic mass is 10.3. The predicted molar refractivity (Wildman–Crippen MR) is 63.4 cm³/mol. The molecule has 0 saturated heterocycles. The molecular weight excluding hydrogens is 235 g/mol. The molecule has 0 N–H and O–H groups in total. The van der Waals surface area contributed by atoms with E-state index in [0.29, 0.717) is 16.5 Å². The van der Waals surface area contributed by atoms with E-state index in [1.807, 2.05) is 30.3 Å². The first kappa shape index (κ1) is 10.2.